The molecule has 4 rings (SSSR count). The van der Waals surface area contributed by atoms with Gasteiger partial charge in [0.05, 0.1) is 5.60 Å². The summed E-state index contributed by atoms with van der Waals surface area (Å²) in [5.74, 6) is -1.08. The van der Waals surface area contributed by atoms with Crippen LogP contribution in [0.15, 0.2) is 0 Å². The van der Waals surface area contributed by atoms with Crippen molar-refractivity contribution < 1.29 is 37.7 Å². The van der Waals surface area contributed by atoms with Gasteiger partial charge in [0.25, 0.3) is 0 Å². The molecule has 4 fully saturated rings. The zero-order chi connectivity index (χ0) is 16.0. The second-order valence-electron chi connectivity index (χ2n) is 6.46. The number of carbonyl (C=O) groups is 1. The van der Waals surface area contributed by atoms with Gasteiger partial charge >= 0.3 is 11.2 Å². The molecule has 0 heterocycles. The van der Waals surface area contributed by atoms with E-state index in [1.54, 1.807) is 7.11 Å². The highest BCUT2D eigenvalue weighted by molar-refractivity contribution is 7.96. The van der Waals surface area contributed by atoms with Crippen LogP contribution in [-0.2, 0) is 23.6 Å². The van der Waals surface area contributed by atoms with Crippen molar-refractivity contribution in [1.29, 1.82) is 0 Å². The molecule has 0 aromatic carbocycles. The fourth-order valence-electron chi connectivity index (χ4n) is 4.63. The molecule has 0 amide bonds. The lowest BCUT2D eigenvalue weighted by Gasteiger charge is -2.58. The molecule has 0 aliphatic heterocycles. The summed E-state index contributed by atoms with van der Waals surface area (Å²) in [5, 5.41) is 8.49. The van der Waals surface area contributed by atoms with Gasteiger partial charge in [0.15, 0.2) is 0 Å². The van der Waals surface area contributed by atoms with Crippen molar-refractivity contribution >= 4 is 18.0 Å². The summed E-state index contributed by atoms with van der Waals surface area (Å²) in [6, 6.07) is 0. The van der Waals surface area contributed by atoms with Gasteiger partial charge in [0.1, 0.15) is 18.1 Å². The van der Waals surface area contributed by atoms with E-state index in [-0.39, 0.29) is 17.4 Å². The van der Waals surface area contributed by atoms with E-state index in [1.165, 1.54) is 0 Å². The molecule has 4 bridgehead atoms. The lowest BCUT2D eigenvalue weighted by Crippen LogP contribution is -2.59. The highest BCUT2D eigenvalue weighted by Crippen LogP contribution is 2.58. The van der Waals surface area contributed by atoms with Crippen molar-refractivity contribution in [1.82, 2.24) is 0 Å². The summed E-state index contributed by atoms with van der Waals surface area (Å²) in [6.45, 7) is 0. The lowest BCUT2D eigenvalue weighted by molar-refractivity contribution is -0.777. The van der Waals surface area contributed by atoms with Crippen molar-refractivity contribution in [2.75, 3.05) is 7.11 Å². The van der Waals surface area contributed by atoms with E-state index in [4.69, 9.17) is 9.47 Å². The smallest absolute Gasteiger partial charge is 0.415 e. The van der Waals surface area contributed by atoms with Crippen LogP contribution in [0.2, 0.25) is 0 Å². The van der Waals surface area contributed by atoms with Gasteiger partial charge in [-0.05, 0) is 49.9 Å². The van der Waals surface area contributed by atoms with Crippen molar-refractivity contribution in [2.24, 2.45) is 17.8 Å². The van der Waals surface area contributed by atoms with Gasteiger partial charge in [-0.15, -0.1) is 0 Å². The Morgan fingerprint density at radius 1 is 1.27 bits per heavy atom. The zero-order valence-electron chi connectivity index (χ0n) is 12.0. The maximum atomic E-state index is 13.5. The molecule has 9 heteroatoms. The molecule has 126 valence electrons. The summed E-state index contributed by atoms with van der Waals surface area (Å²) in [6.07, 6.45) is 3.68. The molecule has 0 spiro atoms. The second-order valence-corrected chi connectivity index (χ2v) is 7.28. The van der Waals surface area contributed by atoms with E-state index in [0.717, 1.165) is 32.1 Å². The van der Waals surface area contributed by atoms with Gasteiger partial charge in [-0.25, -0.2) is 4.79 Å². The van der Waals surface area contributed by atoms with Gasteiger partial charge in [0.2, 0.25) is 0 Å². The van der Waals surface area contributed by atoms with Crippen LogP contribution in [0.1, 0.15) is 32.1 Å². The average molecular weight is 339 g/mol. The quantitative estimate of drug-likeness (QED) is 0.315. The molecule has 0 radical (unpaired) electrons. The largest absolute Gasteiger partial charge is 0.691 e. The Morgan fingerprint density at radius 2 is 1.91 bits per heavy atom. The van der Waals surface area contributed by atoms with Gasteiger partial charge < -0.3 is 14.7 Å². The minimum absolute atomic E-state index is 0.0487. The number of halogens is 2. The number of methoxy groups -OCH3 is 1. The van der Waals surface area contributed by atoms with Crippen LogP contribution >= 0.6 is 12.0 Å². The molecule has 0 aromatic heterocycles. The summed E-state index contributed by atoms with van der Waals surface area (Å²) >= 11 is -0.651. The standard InChI is InChI=1S/C13H18F2O6S/c1-18-12-4-7-2-8(5-12)10(9(3-7)6-12)19-11(16)13(14,15)22-21-20-17/h7-10,17H,2-6H2,1H3/p-1. The van der Waals surface area contributed by atoms with Crippen LogP contribution in [0.4, 0.5) is 8.78 Å². The first-order chi connectivity index (χ1) is 10.4. The van der Waals surface area contributed by atoms with Crippen LogP contribution in [0.3, 0.4) is 0 Å². The Labute approximate surface area is 130 Å². The summed E-state index contributed by atoms with van der Waals surface area (Å²) in [5.41, 5.74) is -0.184. The average Bonchev–Trinajstić information content (AvgIpc) is 2.48. The number of carbonyl (C=O) groups excluding carboxylic acids is 1. The zero-order valence-corrected chi connectivity index (χ0v) is 12.8. The van der Waals surface area contributed by atoms with Crippen molar-refractivity contribution in [2.45, 2.75) is 49.1 Å². The van der Waals surface area contributed by atoms with E-state index in [0.29, 0.717) is 5.92 Å². The van der Waals surface area contributed by atoms with E-state index in [2.05, 4.69) is 9.37 Å². The van der Waals surface area contributed by atoms with Crippen molar-refractivity contribution in [3.8, 4) is 0 Å². The molecule has 22 heavy (non-hydrogen) atoms. The Morgan fingerprint density at radius 3 is 2.45 bits per heavy atom. The third-order valence-corrected chi connectivity index (χ3v) is 5.71. The molecule has 4 aliphatic rings. The molecule has 2 unspecified atom stereocenters. The first-order valence-electron chi connectivity index (χ1n) is 7.17. The first-order valence-corrected chi connectivity index (χ1v) is 7.92. The Bertz CT molecular complexity index is 432. The molecule has 2 atom stereocenters. The highest BCUT2D eigenvalue weighted by atomic mass is 32.2. The highest BCUT2D eigenvalue weighted by Gasteiger charge is 2.58. The fraction of sp³-hybridized carbons (Fsp3) is 0.923. The van der Waals surface area contributed by atoms with Gasteiger partial charge in [-0.2, -0.15) is 13.1 Å². The van der Waals surface area contributed by atoms with Crippen molar-refractivity contribution in [3.63, 3.8) is 0 Å². The third-order valence-electron chi connectivity index (χ3n) is 5.21. The summed E-state index contributed by atoms with van der Waals surface area (Å²) < 4.78 is 41.3. The minimum Gasteiger partial charge on any atom is -0.691 e. The van der Waals surface area contributed by atoms with Crippen molar-refractivity contribution in [3.05, 3.63) is 0 Å². The van der Waals surface area contributed by atoms with E-state index < -0.39 is 29.4 Å². The summed E-state index contributed by atoms with van der Waals surface area (Å²) in [7, 11) is 1.68. The molecule has 6 nitrogen and oxygen atoms in total. The fourth-order valence-corrected chi connectivity index (χ4v) is 4.86. The molecular formula is C13H17F2O6S-. The maximum absolute atomic E-state index is 13.5. The first kappa shape index (κ1) is 16.4. The molecule has 4 saturated carbocycles. The van der Waals surface area contributed by atoms with Gasteiger partial charge in [-0.1, -0.05) is 0 Å². The number of hydrogen-bond acceptors (Lipinski definition) is 7. The van der Waals surface area contributed by atoms with E-state index in [1.807, 2.05) is 0 Å². The molecular weight excluding hydrogens is 322 g/mol. The molecule has 0 saturated heterocycles. The van der Waals surface area contributed by atoms with Crippen LogP contribution in [0, 0.1) is 17.8 Å². The summed E-state index contributed by atoms with van der Waals surface area (Å²) in [4.78, 5) is 11.7. The topological polar surface area (TPSA) is 77.1 Å². The van der Waals surface area contributed by atoms with Crippen LogP contribution in [-0.4, -0.2) is 30.0 Å². The molecule has 0 N–H and O–H groups in total. The molecule has 0 aromatic rings. The number of esters is 1. The van der Waals surface area contributed by atoms with E-state index >= 15 is 0 Å². The number of rotatable bonds is 6. The van der Waals surface area contributed by atoms with Crippen LogP contribution in [0.25, 0.3) is 0 Å². The number of hydrogen-bond donors (Lipinski definition) is 0. The van der Waals surface area contributed by atoms with Gasteiger partial charge in [0, 0.05) is 7.11 Å². The van der Waals surface area contributed by atoms with Crippen LogP contribution in [0.5, 0.6) is 0 Å². The minimum atomic E-state index is -3.97. The van der Waals surface area contributed by atoms with Gasteiger partial charge in [-0.3, -0.25) is 5.04 Å². The SMILES string of the molecule is COC12CC3CC(C1)C(OC(=O)C(F)(F)SOO[O-])C(C3)C2. The monoisotopic (exact) mass is 339 g/mol. The Balaban J connectivity index is 1.66. The Hall–Kier alpha value is -0.480. The predicted molar refractivity (Wildman–Crippen MR) is 67.9 cm³/mol. The second kappa shape index (κ2) is 5.86. The molecule has 4 aliphatic carbocycles. The normalized spacial score (nSPS) is 40.0. The van der Waals surface area contributed by atoms with E-state index in [9.17, 15) is 18.8 Å². The number of alkyl halides is 2. The predicted octanol–water partition coefficient (Wildman–Crippen LogP) is 1.59. The van der Waals surface area contributed by atoms with Crippen LogP contribution < -0.4 is 5.26 Å². The third kappa shape index (κ3) is 2.84. The number of ether oxygens (including phenoxy) is 2. The maximum Gasteiger partial charge on any atom is 0.415 e. The lowest BCUT2D eigenvalue weighted by atomic mass is 9.53. The Kier molecular flexibility index (Phi) is 4.36.